The number of fused-ring (bicyclic) bond motifs is 1. The van der Waals surface area contributed by atoms with E-state index >= 15 is 0 Å². The van der Waals surface area contributed by atoms with Crippen molar-refractivity contribution in [2.45, 2.75) is 13.1 Å². The molecule has 1 aromatic carbocycles. The van der Waals surface area contributed by atoms with Crippen molar-refractivity contribution < 1.29 is 22.3 Å². The number of ether oxygens (including phenoxy) is 1. The summed E-state index contributed by atoms with van der Waals surface area (Å²) < 4.78 is 56.0. The predicted octanol–water partition coefficient (Wildman–Crippen LogP) is 3.08. The Bertz CT molecular complexity index is 676. The average molecular weight is 275 g/mol. The summed E-state index contributed by atoms with van der Waals surface area (Å²) in [6.45, 7) is 1.81. The van der Waals surface area contributed by atoms with E-state index in [1.54, 1.807) is 6.92 Å². The van der Waals surface area contributed by atoms with Crippen LogP contribution in [0.5, 0.6) is 5.75 Å². The number of H-pyrrole nitrogens is 1. The van der Waals surface area contributed by atoms with Crippen molar-refractivity contribution in [1.82, 2.24) is 4.98 Å². The van der Waals surface area contributed by atoms with E-state index in [1.807, 2.05) is 4.98 Å². The van der Waals surface area contributed by atoms with Crippen molar-refractivity contribution >= 4 is 10.9 Å². The summed E-state index contributed by atoms with van der Waals surface area (Å²) in [7, 11) is 0. The van der Waals surface area contributed by atoms with Gasteiger partial charge in [-0.3, -0.25) is 4.79 Å². The summed E-state index contributed by atoms with van der Waals surface area (Å²) in [4.78, 5) is 13.6. The molecule has 19 heavy (non-hydrogen) atoms. The van der Waals surface area contributed by atoms with Crippen molar-refractivity contribution in [3.63, 3.8) is 0 Å². The molecule has 0 radical (unpaired) electrons. The first kappa shape index (κ1) is 13.4. The Labute approximate surface area is 104 Å². The topological polar surface area (TPSA) is 42.1 Å². The van der Waals surface area contributed by atoms with Crippen molar-refractivity contribution in [1.29, 1.82) is 0 Å². The number of hydrogen-bond acceptors (Lipinski definition) is 2. The van der Waals surface area contributed by atoms with Gasteiger partial charge in [0.25, 0.3) is 0 Å². The first-order valence-electron chi connectivity index (χ1n) is 5.39. The molecule has 0 aliphatic carbocycles. The fraction of sp³-hybridized carbons (Fsp3) is 0.250. The Morgan fingerprint density at radius 3 is 2.53 bits per heavy atom. The van der Waals surface area contributed by atoms with Crippen LogP contribution in [0.4, 0.5) is 17.6 Å². The smallest absolute Gasteiger partial charge is 0.431 e. The van der Waals surface area contributed by atoms with Crippen LogP contribution in [0, 0.1) is 5.82 Å². The number of aromatic nitrogens is 1. The quantitative estimate of drug-likeness (QED) is 0.856. The number of nitrogens with one attached hydrogen (secondary N) is 1. The largest absolute Gasteiger partial charge is 0.491 e. The van der Waals surface area contributed by atoms with Gasteiger partial charge >= 0.3 is 6.18 Å². The van der Waals surface area contributed by atoms with Crippen LogP contribution in [0.3, 0.4) is 0 Å². The molecule has 1 aromatic heterocycles. The molecule has 2 aromatic rings. The molecule has 1 heterocycles. The van der Waals surface area contributed by atoms with Crippen LogP contribution in [0.2, 0.25) is 0 Å². The van der Waals surface area contributed by atoms with Crippen molar-refractivity contribution in [2.24, 2.45) is 0 Å². The van der Waals surface area contributed by atoms with E-state index in [0.717, 1.165) is 12.1 Å². The van der Waals surface area contributed by atoms with Gasteiger partial charge in [0.1, 0.15) is 5.69 Å². The highest BCUT2D eigenvalue weighted by atomic mass is 19.4. The number of pyridine rings is 1. The summed E-state index contributed by atoms with van der Waals surface area (Å²) in [6, 6.07) is 2.35. The van der Waals surface area contributed by atoms with Crippen molar-refractivity contribution in [2.75, 3.05) is 6.61 Å². The van der Waals surface area contributed by atoms with Gasteiger partial charge in [-0.1, -0.05) is 0 Å². The molecule has 0 aliphatic heterocycles. The maximum Gasteiger partial charge on any atom is 0.431 e. The molecule has 0 spiro atoms. The van der Waals surface area contributed by atoms with Crippen molar-refractivity contribution in [3.05, 3.63) is 39.9 Å². The van der Waals surface area contributed by atoms with Crippen LogP contribution in [-0.4, -0.2) is 11.6 Å². The summed E-state index contributed by atoms with van der Waals surface area (Å²) in [5, 5.41) is -0.0575. The summed E-state index contributed by atoms with van der Waals surface area (Å²) in [5.74, 6) is -0.996. The van der Waals surface area contributed by atoms with Gasteiger partial charge in [-0.25, -0.2) is 4.39 Å². The molecular weight excluding hydrogens is 266 g/mol. The van der Waals surface area contributed by atoms with Crippen LogP contribution in [0.1, 0.15) is 12.6 Å². The maximum atomic E-state index is 13.5. The highest BCUT2D eigenvalue weighted by Crippen LogP contribution is 2.29. The maximum absolute atomic E-state index is 13.5. The van der Waals surface area contributed by atoms with Gasteiger partial charge in [0, 0.05) is 17.5 Å². The molecule has 0 aliphatic rings. The second-order valence-corrected chi connectivity index (χ2v) is 3.81. The minimum Gasteiger partial charge on any atom is -0.491 e. The van der Waals surface area contributed by atoms with E-state index in [0.29, 0.717) is 6.07 Å². The Hall–Kier alpha value is -2.05. The zero-order valence-corrected chi connectivity index (χ0v) is 9.77. The lowest BCUT2D eigenvalue weighted by Crippen LogP contribution is -2.14. The second-order valence-electron chi connectivity index (χ2n) is 3.81. The number of rotatable bonds is 2. The molecule has 0 fully saturated rings. The molecule has 0 saturated carbocycles. The third-order valence-electron chi connectivity index (χ3n) is 2.49. The lowest BCUT2D eigenvalue weighted by atomic mass is 10.1. The van der Waals surface area contributed by atoms with Gasteiger partial charge in [-0.05, 0) is 13.0 Å². The molecule has 0 amide bonds. The third kappa shape index (κ3) is 2.54. The van der Waals surface area contributed by atoms with Gasteiger partial charge < -0.3 is 9.72 Å². The summed E-state index contributed by atoms with van der Waals surface area (Å²) in [5.41, 5.74) is -2.28. The SMILES string of the molecule is CCOc1cc2c(=O)cc(C(F)(F)F)[nH]c2cc1F. The highest BCUT2D eigenvalue weighted by molar-refractivity contribution is 5.80. The molecule has 102 valence electrons. The molecule has 0 bridgehead atoms. The van der Waals surface area contributed by atoms with Crippen LogP contribution >= 0.6 is 0 Å². The number of aromatic amines is 1. The number of halogens is 4. The Morgan fingerprint density at radius 2 is 1.95 bits per heavy atom. The lowest BCUT2D eigenvalue weighted by Gasteiger charge is -2.10. The average Bonchev–Trinajstić information content (AvgIpc) is 2.29. The van der Waals surface area contributed by atoms with E-state index in [1.165, 1.54) is 0 Å². The number of alkyl halides is 3. The fourth-order valence-corrected chi connectivity index (χ4v) is 1.67. The number of hydrogen-bond donors (Lipinski definition) is 1. The molecular formula is C12H9F4NO2. The van der Waals surface area contributed by atoms with Gasteiger partial charge in [0.05, 0.1) is 12.1 Å². The molecule has 0 saturated heterocycles. The Balaban J connectivity index is 2.71. The zero-order valence-electron chi connectivity index (χ0n) is 9.77. The zero-order chi connectivity index (χ0) is 14.2. The van der Waals surface area contributed by atoms with E-state index in [2.05, 4.69) is 0 Å². The predicted molar refractivity (Wildman–Crippen MR) is 60.7 cm³/mol. The summed E-state index contributed by atoms with van der Waals surface area (Å²) >= 11 is 0. The van der Waals surface area contributed by atoms with Gasteiger partial charge in [0.15, 0.2) is 17.0 Å². The molecule has 2 rings (SSSR count). The van der Waals surface area contributed by atoms with E-state index in [-0.39, 0.29) is 23.3 Å². The van der Waals surface area contributed by atoms with Crippen LogP contribution < -0.4 is 10.2 Å². The lowest BCUT2D eigenvalue weighted by molar-refractivity contribution is -0.141. The van der Waals surface area contributed by atoms with Crippen molar-refractivity contribution in [3.8, 4) is 5.75 Å². The first-order valence-corrected chi connectivity index (χ1v) is 5.39. The normalized spacial score (nSPS) is 11.8. The monoisotopic (exact) mass is 275 g/mol. The molecule has 0 atom stereocenters. The Morgan fingerprint density at radius 1 is 1.26 bits per heavy atom. The molecule has 0 unspecified atom stereocenters. The Kier molecular flexibility index (Phi) is 3.21. The van der Waals surface area contributed by atoms with Crippen LogP contribution in [0.15, 0.2) is 23.0 Å². The highest BCUT2D eigenvalue weighted by Gasteiger charge is 2.32. The second kappa shape index (κ2) is 4.56. The summed E-state index contributed by atoms with van der Waals surface area (Å²) in [6.07, 6.45) is -4.69. The third-order valence-corrected chi connectivity index (χ3v) is 2.49. The molecule has 1 N–H and O–H groups in total. The minimum absolute atomic E-state index is 0.0575. The standard InChI is InChI=1S/C12H9F4NO2/c1-2-19-10-3-6-8(4-7(10)13)17-11(5-9(6)18)12(14,15)16/h3-5H,2H2,1H3,(H,17,18). The van der Waals surface area contributed by atoms with E-state index in [9.17, 15) is 22.4 Å². The van der Waals surface area contributed by atoms with Crippen LogP contribution in [0.25, 0.3) is 10.9 Å². The fourth-order valence-electron chi connectivity index (χ4n) is 1.67. The minimum atomic E-state index is -4.69. The van der Waals surface area contributed by atoms with Gasteiger partial charge in [-0.15, -0.1) is 0 Å². The van der Waals surface area contributed by atoms with Crippen LogP contribution in [-0.2, 0) is 6.18 Å². The number of benzene rings is 1. The van der Waals surface area contributed by atoms with E-state index < -0.39 is 23.1 Å². The van der Waals surface area contributed by atoms with Gasteiger partial charge in [0.2, 0.25) is 0 Å². The molecule has 7 heteroatoms. The van der Waals surface area contributed by atoms with E-state index in [4.69, 9.17) is 4.74 Å². The molecule has 3 nitrogen and oxygen atoms in total. The first-order chi connectivity index (χ1) is 8.82. The van der Waals surface area contributed by atoms with Gasteiger partial charge in [-0.2, -0.15) is 13.2 Å².